The number of aryl methyl sites for hydroxylation is 2. The monoisotopic (exact) mass is 1320 g/mol. The molecule has 6 aromatic carbocycles. The van der Waals surface area contributed by atoms with Gasteiger partial charge in [0.25, 0.3) is 0 Å². The average molecular weight is 1320 g/mol. The van der Waals surface area contributed by atoms with Crippen molar-refractivity contribution in [3.05, 3.63) is 179 Å². The van der Waals surface area contributed by atoms with Crippen LogP contribution in [-0.2, 0) is 57.2 Å². The normalized spacial score (nSPS) is 11.5. The zero-order valence-electron chi connectivity index (χ0n) is 55.1. The molecule has 0 aliphatic carbocycles. The smallest absolute Gasteiger partial charge is 0.349 e. The second-order valence-corrected chi connectivity index (χ2v) is 24.4. The Morgan fingerprint density at radius 2 is 0.430 bits per heavy atom. The van der Waals surface area contributed by atoms with Crippen molar-refractivity contribution in [3.8, 4) is 34.5 Å². The first kappa shape index (κ1) is 76.5. The lowest BCUT2D eigenvalue weighted by Gasteiger charge is -2.25. The number of halogens is 4. The topological polar surface area (TPSA) is 213 Å². The van der Waals surface area contributed by atoms with Crippen molar-refractivity contribution in [3.63, 3.8) is 0 Å². The number of ether oxygens (including phenoxy) is 12. The Morgan fingerprint density at radius 3 is 0.602 bits per heavy atom. The van der Waals surface area contributed by atoms with Crippen LogP contribution in [0.5, 0.6) is 34.5 Å². The average Bonchev–Trinajstić information content (AvgIpc) is 1.74. The second-order valence-electron chi connectivity index (χ2n) is 24.0. The first-order chi connectivity index (χ1) is 43.5. The summed E-state index contributed by atoms with van der Waals surface area (Å²) in [6.07, 6.45) is 0.955. The highest BCUT2D eigenvalue weighted by atomic mass is 35.5. The molecule has 0 atom stereocenters. The maximum absolute atomic E-state index is 13.0. The van der Waals surface area contributed by atoms with E-state index in [1.807, 2.05) is 38.1 Å². The molecule has 0 amide bonds. The molecule has 0 aliphatic rings. The van der Waals surface area contributed by atoms with Gasteiger partial charge in [0.1, 0.15) is 51.9 Å². The van der Waals surface area contributed by atoms with Crippen LogP contribution in [0.2, 0.25) is 5.02 Å². The van der Waals surface area contributed by atoms with Gasteiger partial charge in [-0.2, -0.15) is 0 Å². The predicted molar refractivity (Wildman–Crippen MR) is 341 cm³/mol. The lowest BCUT2D eigenvalue weighted by atomic mass is 10.1. The van der Waals surface area contributed by atoms with Gasteiger partial charge < -0.3 is 56.8 Å². The maximum atomic E-state index is 13.0. The third-order valence-corrected chi connectivity index (χ3v) is 13.0. The minimum atomic E-state index is -1.26. The van der Waals surface area contributed by atoms with Crippen molar-refractivity contribution in [2.24, 2.45) is 0 Å². The van der Waals surface area contributed by atoms with Crippen molar-refractivity contribution in [1.29, 1.82) is 0 Å². The summed E-state index contributed by atoms with van der Waals surface area (Å²) in [4.78, 5) is 73.7. The molecule has 504 valence electrons. The highest BCUT2D eigenvalue weighted by Crippen LogP contribution is 2.27. The third-order valence-electron chi connectivity index (χ3n) is 12.7. The van der Waals surface area contributed by atoms with Gasteiger partial charge >= 0.3 is 35.8 Å². The van der Waals surface area contributed by atoms with Crippen molar-refractivity contribution >= 4 is 47.4 Å². The second kappa shape index (κ2) is 35.2. The summed E-state index contributed by atoms with van der Waals surface area (Å²) in [5, 5.41) is 0.563. The van der Waals surface area contributed by atoms with E-state index in [1.165, 1.54) is 72.8 Å². The number of carbonyl (C=O) groups is 6. The minimum absolute atomic E-state index is 0.0425. The van der Waals surface area contributed by atoms with Crippen molar-refractivity contribution in [2.75, 3.05) is 39.6 Å². The molecule has 93 heavy (non-hydrogen) atoms. The number of rotatable bonds is 30. The van der Waals surface area contributed by atoms with Crippen LogP contribution in [-0.4, -0.2) is 109 Å². The molecule has 0 N–H and O–H groups in total. The zero-order chi connectivity index (χ0) is 69.2. The Labute approximate surface area is 547 Å². The molecule has 0 heterocycles. The largest absolute Gasteiger partial charge is 0.476 e. The molecule has 22 heteroatoms. The summed E-state index contributed by atoms with van der Waals surface area (Å²) < 4.78 is 104. The highest BCUT2D eigenvalue weighted by Gasteiger charge is 2.37. The molecule has 0 radical (unpaired) electrons. The van der Waals surface area contributed by atoms with E-state index in [1.54, 1.807) is 132 Å². The number of hydrogen-bond acceptors (Lipinski definition) is 18. The van der Waals surface area contributed by atoms with Gasteiger partial charge in [-0.15, -0.1) is 0 Å². The summed E-state index contributed by atoms with van der Waals surface area (Å²) in [5.41, 5.74) is -5.09. The van der Waals surface area contributed by atoms with E-state index in [0.717, 1.165) is 11.1 Å². The van der Waals surface area contributed by atoms with Gasteiger partial charge in [-0.05, 0) is 218 Å². The van der Waals surface area contributed by atoms with Crippen LogP contribution in [0.1, 0.15) is 113 Å². The van der Waals surface area contributed by atoms with Gasteiger partial charge in [-0.1, -0.05) is 47.0 Å². The summed E-state index contributed by atoms with van der Waals surface area (Å²) in [5.74, 6) is -1.81. The van der Waals surface area contributed by atoms with Gasteiger partial charge in [0.15, 0.2) is 33.6 Å². The third kappa shape index (κ3) is 27.4. The molecule has 18 nitrogen and oxygen atoms in total. The first-order valence-corrected chi connectivity index (χ1v) is 30.2. The van der Waals surface area contributed by atoms with Gasteiger partial charge in [0.05, 0.1) is 39.6 Å². The van der Waals surface area contributed by atoms with Crippen LogP contribution in [0.4, 0.5) is 13.2 Å². The molecule has 6 aromatic rings. The Morgan fingerprint density at radius 1 is 0.280 bits per heavy atom. The first-order valence-electron chi connectivity index (χ1n) is 29.8. The fraction of sp³-hybridized carbons (Fsp3) is 0.408. The Kier molecular flexibility index (Phi) is 28.9. The molecular formula is C71H84ClF3O18. The minimum Gasteiger partial charge on any atom is -0.476 e. The van der Waals surface area contributed by atoms with Crippen LogP contribution < -0.4 is 28.4 Å². The molecule has 0 bridgehead atoms. The molecule has 0 spiro atoms. The van der Waals surface area contributed by atoms with Crippen molar-refractivity contribution < 1.29 is 98.8 Å². The molecule has 0 saturated heterocycles. The predicted octanol–water partition coefficient (Wildman–Crippen LogP) is 14.2. The number of esters is 6. The van der Waals surface area contributed by atoms with Gasteiger partial charge in [-0.3, -0.25) is 0 Å². The summed E-state index contributed by atoms with van der Waals surface area (Å²) in [7, 11) is 0. The number of benzene rings is 6. The quantitative estimate of drug-likeness (QED) is 0.0233. The summed E-state index contributed by atoms with van der Waals surface area (Å²) in [6.45, 7) is 23.3. The Bertz CT molecular complexity index is 2760. The van der Waals surface area contributed by atoms with Crippen LogP contribution >= 0.6 is 11.6 Å². The fourth-order valence-electron chi connectivity index (χ4n) is 7.45. The molecule has 0 aromatic heterocycles. The van der Waals surface area contributed by atoms with E-state index in [0.29, 0.717) is 58.8 Å². The molecule has 0 saturated carbocycles. The Balaban J connectivity index is 0.000000297. The molecule has 0 unspecified atom stereocenters. The van der Waals surface area contributed by atoms with Crippen molar-refractivity contribution in [1.82, 2.24) is 0 Å². The van der Waals surface area contributed by atoms with E-state index in [9.17, 15) is 41.9 Å². The molecular weight excluding hydrogens is 1230 g/mol. The lowest BCUT2D eigenvalue weighted by Crippen LogP contribution is -2.40. The highest BCUT2D eigenvalue weighted by molar-refractivity contribution is 6.30. The SMILES string of the molecule is CC(C)(Oc1ccc(F)cc1)C(=O)OCCCOC(=O)C(C)(C)Oc1ccc(Cl)cc1.Cc1ccc(OC(C)(C)C(=O)OCCCOC(=O)C(C)(C)Oc2ccc(F)cc2)cc1.Cc1ccc(OC(C)(C)C(=O)OCCCOC(=O)C(C)(C)Oc2ccc(F)cc2)cc1. The molecule has 6 rings (SSSR count). The molecule has 0 aliphatic heterocycles. The zero-order valence-corrected chi connectivity index (χ0v) is 55.8. The Hall–Kier alpha value is -8.98. The van der Waals surface area contributed by atoms with Crippen LogP contribution in [0.25, 0.3) is 0 Å². The number of hydrogen-bond donors (Lipinski definition) is 0. The fourth-order valence-corrected chi connectivity index (χ4v) is 7.58. The van der Waals surface area contributed by atoms with Crippen LogP contribution in [0.15, 0.2) is 146 Å². The van der Waals surface area contributed by atoms with Crippen LogP contribution in [0.3, 0.4) is 0 Å². The van der Waals surface area contributed by atoms with Crippen molar-refractivity contribution in [2.45, 2.75) is 150 Å². The van der Waals surface area contributed by atoms with E-state index >= 15 is 0 Å². The summed E-state index contributed by atoms with van der Waals surface area (Å²) >= 11 is 5.84. The number of carbonyl (C=O) groups excluding carboxylic acids is 6. The van der Waals surface area contributed by atoms with Gasteiger partial charge in [-0.25, -0.2) is 41.9 Å². The maximum Gasteiger partial charge on any atom is 0.349 e. The van der Waals surface area contributed by atoms with E-state index in [2.05, 4.69) is 0 Å². The van der Waals surface area contributed by atoms with Gasteiger partial charge in [0.2, 0.25) is 0 Å². The summed E-state index contributed by atoms with van der Waals surface area (Å²) in [6, 6.07) is 37.4. The van der Waals surface area contributed by atoms with Gasteiger partial charge in [0, 0.05) is 24.3 Å². The lowest BCUT2D eigenvalue weighted by molar-refractivity contribution is -0.163. The van der Waals surface area contributed by atoms with Crippen LogP contribution in [0, 0.1) is 31.3 Å². The van der Waals surface area contributed by atoms with E-state index < -0.39 is 86.9 Å². The van der Waals surface area contributed by atoms with E-state index in [-0.39, 0.29) is 39.6 Å². The van der Waals surface area contributed by atoms with E-state index in [4.69, 9.17) is 68.4 Å². The standard InChI is InChI=1S/2C24H29FO6.C23H26ClFO6/c2*1-17-7-11-19(12-8-17)30-23(2,3)21(26)28-15-6-16-29-22(27)24(4,5)31-20-13-9-18(25)10-14-20;1-22(2,30-18-10-6-16(24)7-11-18)20(26)28-14-5-15-29-21(27)23(3,4)31-19-12-8-17(25)9-13-19/h2*7-14H,6,15-16H2,1-5H3;6-13H,5,14-15H2,1-4H3. The molecule has 0 fully saturated rings.